The number of benzene rings is 1. The fraction of sp³-hybridized carbons (Fsp3) is 0.682. The lowest BCUT2D eigenvalue weighted by molar-refractivity contribution is -0.204. The van der Waals surface area contributed by atoms with E-state index >= 15 is 0 Å². The van der Waals surface area contributed by atoms with Gasteiger partial charge in [-0.05, 0) is 57.0 Å². The maximum atomic E-state index is 13.4. The molecule has 15 heteroatoms. The minimum absolute atomic E-state index is 0.261. The topological polar surface area (TPSA) is 196 Å². The smallest absolute Gasteiger partial charge is 0.472 e. The molecule has 3 aromatic rings. The van der Waals surface area contributed by atoms with Crippen LogP contribution >= 0.6 is 7.82 Å². The Balaban J connectivity index is 1.07. The van der Waals surface area contributed by atoms with Gasteiger partial charge in [-0.1, -0.05) is 122 Å². The molecule has 1 unspecified atom stereocenters. The lowest BCUT2D eigenvalue weighted by Crippen LogP contribution is -2.45. The number of hydrogen-bond donors (Lipinski definition) is 2. The first-order chi connectivity index (χ1) is 28.5. The number of aromatic nitrogens is 3. The first-order valence-corrected chi connectivity index (χ1v) is 23.3. The van der Waals surface area contributed by atoms with Gasteiger partial charge in [0.05, 0.1) is 23.9 Å². The molecule has 0 aliphatic carbocycles. The van der Waals surface area contributed by atoms with Crippen molar-refractivity contribution < 1.29 is 37.5 Å². The maximum Gasteiger partial charge on any atom is 0.472 e. The lowest BCUT2D eigenvalue weighted by atomic mass is 9.96. The molecule has 2 fully saturated rings. The molecule has 2 aliphatic rings. The van der Waals surface area contributed by atoms with E-state index in [1.807, 2.05) is 0 Å². The maximum absolute atomic E-state index is 13.4. The molecule has 4 heterocycles. The molecule has 0 bridgehead atoms. The van der Waals surface area contributed by atoms with Crippen LogP contribution in [0.2, 0.25) is 0 Å². The Morgan fingerprint density at radius 2 is 1.51 bits per heavy atom. The molecule has 59 heavy (non-hydrogen) atoms. The zero-order valence-electron chi connectivity index (χ0n) is 35.3. The molecule has 0 amide bonds. The van der Waals surface area contributed by atoms with Crippen LogP contribution in [0.5, 0.6) is 5.75 Å². The Bertz CT molecular complexity index is 1880. The Kier molecular flexibility index (Phi) is 18.0. The average Bonchev–Trinajstić information content (AvgIpc) is 3.89. The Hall–Kier alpha value is -3.59. The number of anilines is 1. The number of nitrogen functional groups attached to an aromatic ring is 1. The van der Waals surface area contributed by atoms with Crippen molar-refractivity contribution in [3.8, 4) is 17.9 Å². The van der Waals surface area contributed by atoms with E-state index in [1.54, 1.807) is 54.8 Å². The summed E-state index contributed by atoms with van der Waals surface area (Å²) in [6.07, 6.45) is 21.6. The highest BCUT2D eigenvalue weighted by atomic mass is 31.2. The normalized spacial score (nSPS) is 22.4. The summed E-state index contributed by atoms with van der Waals surface area (Å²) in [7, 11) is -4.75. The number of hydrogen-bond acceptors (Lipinski definition) is 12. The molecule has 0 spiro atoms. The molecule has 2 aliphatic heterocycles. The molecule has 3 N–H and O–H groups in total. The van der Waals surface area contributed by atoms with Crippen molar-refractivity contribution in [3.05, 3.63) is 54.0 Å². The zero-order valence-corrected chi connectivity index (χ0v) is 36.2. The van der Waals surface area contributed by atoms with Crippen molar-refractivity contribution in [1.29, 1.82) is 10.5 Å². The Labute approximate surface area is 350 Å². The van der Waals surface area contributed by atoms with Crippen LogP contribution in [-0.2, 0) is 27.8 Å². The first kappa shape index (κ1) is 46.5. The van der Waals surface area contributed by atoms with E-state index in [1.165, 1.54) is 103 Å². The molecule has 6 atom stereocenters. The first-order valence-electron chi connectivity index (χ1n) is 21.8. The summed E-state index contributed by atoms with van der Waals surface area (Å²) in [5.74, 6) is -0.364. The summed E-state index contributed by atoms with van der Waals surface area (Å²) in [5.41, 5.74) is 5.73. The average molecular weight is 837 g/mol. The summed E-state index contributed by atoms with van der Waals surface area (Å²) in [6, 6.07) is 14.5. The van der Waals surface area contributed by atoms with E-state index in [4.69, 9.17) is 33.7 Å². The highest BCUT2D eigenvalue weighted by molar-refractivity contribution is 7.47. The fourth-order valence-corrected chi connectivity index (χ4v) is 8.85. The minimum Gasteiger partial charge on any atom is -0.488 e. The van der Waals surface area contributed by atoms with Crippen molar-refractivity contribution in [2.45, 2.75) is 179 Å². The van der Waals surface area contributed by atoms with E-state index < -0.39 is 50.2 Å². The van der Waals surface area contributed by atoms with Gasteiger partial charge >= 0.3 is 7.82 Å². The highest BCUT2D eigenvalue weighted by Crippen LogP contribution is 2.52. The van der Waals surface area contributed by atoms with E-state index in [0.29, 0.717) is 28.9 Å². The van der Waals surface area contributed by atoms with Crippen LogP contribution in [0.1, 0.15) is 160 Å². The van der Waals surface area contributed by atoms with Gasteiger partial charge in [0, 0.05) is 0 Å². The summed E-state index contributed by atoms with van der Waals surface area (Å²) in [6.45, 7) is 4.79. The summed E-state index contributed by atoms with van der Waals surface area (Å²) in [5, 5.41) is 24.2. The summed E-state index contributed by atoms with van der Waals surface area (Å²) in [4.78, 5) is 15.0. The monoisotopic (exact) mass is 836 g/mol. The van der Waals surface area contributed by atoms with E-state index in [2.05, 4.69) is 29.1 Å². The van der Waals surface area contributed by atoms with E-state index in [9.17, 15) is 20.0 Å². The second-order valence-electron chi connectivity index (χ2n) is 16.5. The molecule has 2 aromatic heterocycles. The molecular formula is C44H65N6O8P. The Morgan fingerprint density at radius 1 is 0.881 bits per heavy atom. The largest absolute Gasteiger partial charge is 0.488 e. The molecule has 1 aromatic carbocycles. The number of ether oxygens (including phenoxy) is 4. The number of phosphoric acid groups is 1. The summed E-state index contributed by atoms with van der Waals surface area (Å²) >= 11 is 0. The molecule has 5 rings (SSSR count). The predicted octanol–water partition coefficient (Wildman–Crippen LogP) is 10.0. The number of phosphoric ester groups is 1. The molecule has 14 nitrogen and oxygen atoms in total. The second-order valence-corrected chi connectivity index (χ2v) is 17.9. The highest BCUT2D eigenvalue weighted by Gasteiger charge is 2.65. The number of nitrogens with zero attached hydrogens (tertiary/aromatic N) is 5. The molecule has 2 saturated heterocycles. The van der Waals surface area contributed by atoms with E-state index in [-0.39, 0.29) is 12.4 Å². The van der Waals surface area contributed by atoms with Gasteiger partial charge in [-0.3, -0.25) is 9.05 Å². The number of rotatable bonds is 28. The third-order valence-electron chi connectivity index (χ3n) is 11.2. The van der Waals surface area contributed by atoms with Gasteiger partial charge in [-0.25, -0.2) is 14.1 Å². The van der Waals surface area contributed by atoms with Crippen LogP contribution in [0.4, 0.5) is 5.82 Å². The van der Waals surface area contributed by atoms with Crippen LogP contribution in [0.15, 0.2) is 42.7 Å². The minimum atomic E-state index is -4.75. The molecule has 0 saturated carbocycles. The third kappa shape index (κ3) is 13.7. The van der Waals surface area contributed by atoms with Crippen LogP contribution in [0, 0.1) is 22.7 Å². The molecule has 324 valence electrons. The number of nitriles is 2. The van der Waals surface area contributed by atoms with Gasteiger partial charge < -0.3 is 29.6 Å². The van der Waals surface area contributed by atoms with Gasteiger partial charge in [-0.15, -0.1) is 0 Å². The van der Waals surface area contributed by atoms with Crippen LogP contribution < -0.4 is 10.5 Å². The zero-order chi connectivity index (χ0) is 42.1. The van der Waals surface area contributed by atoms with Gasteiger partial charge in [0.25, 0.3) is 0 Å². The number of nitrogens with two attached hydrogens (primary N) is 1. The number of fused-ring (bicyclic) bond motifs is 2. The Morgan fingerprint density at radius 3 is 2.12 bits per heavy atom. The quantitative estimate of drug-likeness (QED) is 0.0518. The summed E-state index contributed by atoms with van der Waals surface area (Å²) < 4.78 is 50.8. The standard InChI is InChI=1S/C44H65N6O8P/c1-4-5-6-7-8-9-10-11-12-13-14-15-16-17-18-19-20-21-24-36(55-35-25-22-23-34(28-35)29-45)30-53-59(51,52)54-32-44(31-46)41-40(56-43(2,3)58-41)39(57-44)37-26-27-38-42(47)48-33-49-50(37)38/h22-23,25-28,33,36,39-41H,4-21,24,30,32H2,1-3H3,(H,51,52)(H2,47,48,49)/t36-,39+,40+,41+,44-/m1/s1. The van der Waals surface area contributed by atoms with Crippen LogP contribution in [-0.4, -0.2) is 62.4 Å². The second kappa shape index (κ2) is 22.9. The molecular weight excluding hydrogens is 771 g/mol. The van der Waals surface area contributed by atoms with Crippen molar-refractivity contribution in [2.24, 2.45) is 0 Å². The van der Waals surface area contributed by atoms with Crippen LogP contribution in [0.25, 0.3) is 5.52 Å². The molecule has 0 radical (unpaired) electrons. The van der Waals surface area contributed by atoms with E-state index in [0.717, 1.165) is 19.3 Å². The van der Waals surface area contributed by atoms with Gasteiger partial charge in [0.15, 0.2) is 11.6 Å². The fourth-order valence-electron chi connectivity index (χ4n) is 8.06. The predicted molar refractivity (Wildman–Crippen MR) is 224 cm³/mol. The third-order valence-corrected chi connectivity index (χ3v) is 12.2. The van der Waals surface area contributed by atoms with Crippen molar-refractivity contribution in [1.82, 2.24) is 14.6 Å². The number of unbranched alkanes of at least 4 members (excludes halogenated alkanes) is 17. The van der Waals surface area contributed by atoms with Crippen molar-refractivity contribution in [3.63, 3.8) is 0 Å². The van der Waals surface area contributed by atoms with Crippen LogP contribution in [0.3, 0.4) is 0 Å². The van der Waals surface area contributed by atoms with Gasteiger partial charge in [0.1, 0.15) is 54.7 Å². The van der Waals surface area contributed by atoms with Gasteiger partial charge in [-0.2, -0.15) is 15.6 Å². The lowest BCUT2D eigenvalue weighted by Gasteiger charge is -2.29. The van der Waals surface area contributed by atoms with Crippen molar-refractivity contribution >= 4 is 19.2 Å². The SMILES string of the molecule is CCCCCCCCCCCCCCCCCCCC[C@H](COP(=O)(O)OC[C@@]1(C#N)O[C@@H](c2ccc3c(N)ncnn23)[C@@H]2OC(C)(C)O[C@@H]21)Oc1cccc(C#N)c1. The van der Waals surface area contributed by atoms with Gasteiger partial charge in [0.2, 0.25) is 5.60 Å². The van der Waals surface area contributed by atoms with Crippen molar-refractivity contribution in [2.75, 3.05) is 18.9 Å².